The van der Waals surface area contributed by atoms with Crippen LogP contribution in [0.15, 0.2) is 5.38 Å². The topological polar surface area (TPSA) is 62.7 Å². The van der Waals surface area contributed by atoms with Crippen LogP contribution in [-0.2, 0) is 16.0 Å². The maximum atomic E-state index is 12.6. The van der Waals surface area contributed by atoms with Crippen LogP contribution in [0.1, 0.15) is 49.9 Å². The molecule has 0 radical (unpaired) electrons. The number of ether oxygens (including phenoxy) is 1. The zero-order chi connectivity index (χ0) is 16.4. The van der Waals surface area contributed by atoms with Crippen molar-refractivity contribution in [3.63, 3.8) is 0 Å². The van der Waals surface area contributed by atoms with Crippen molar-refractivity contribution >= 4 is 17.2 Å². The lowest BCUT2D eigenvalue weighted by molar-refractivity contribution is -0.139. The Morgan fingerprint density at radius 2 is 2.17 bits per heavy atom. The van der Waals surface area contributed by atoms with Crippen molar-refractivity contribution in [1.29, 1.82) is 0 Å². The molecule has 1 aromatic heterocycles. The number of carbonyl (C=O) groups is 1. The number of likely N-dealkylation sites (tertiary alicyclic amines) is 1. The lowest BCUT2D eigenvalue weighted by Gasteiger charge is -2.45. The largest absolute Gasteiger partial charge is 0.392 e. The molecule has 1 unspecified atom stereocenters. The van der Waals surface area contributed by atoms with Crippen LogP contribution in [0.25, 0.3) is 0 Å². The van der Waals surface area contributed by atoms with Gasteiger partial charge in [-0.3, -0.25) is 4.79 Å². The molecule has 2 aliphatic rings. The van der Waals surface area contributed by atoms with E-state index in [1.807, 2.05) is 24.1 Å². The molecule has 1 aliphatic carbocycles. The highest BCUT2D eigenvalue weighted by Crippen LogP contribution is 2.35. The lowest BCUT2D eigenvalue weighted by Crippen LogP contribution is -2.53. The van der Waals surface area contributed by atoms with Crippen molar-refractivity contribution < 1.29 is 14.6 Å². The Kier molecular flexibility index (Phi) is 5.34. The van der Waals surface area contributed by atoms with Gasteiger partial charge in [0, 0.05) is 36.9 Å². The fraction of sp³-hybridized carbons (Fsp3) is 0.765. The maximum Gasteiger partial charge on any atom is 0.228 e. The summed E-state index contributed by atoms with van der Waals surface area (Å²) in [5.74, 6) is 0.653. The number of hydrogen-bond donors (Lipinski definition) is 1. The Hall–Kier alpha value is -0.980. The quantitative estimate of drug-likeness (QED) is 0.895. The predicted octanol–water partition coefficient (Wildman–Crippen LogP) is 2.40. The average Bonchev–Trinajstić information content (AvgIpc) is 2.95. The number of piperidine rings is 1. The van der Waals surface area contributed by atoms with E-state index in [9.17, 15) is 9.90 Å². The summed E-state index contributed by atoms with van der Waals surface area (Å²) in [6.07, 6.45) is 3.37. The SMILES string of the molecule is CCO[C@@H](C)c1nc(CC(=O)N2C[C@H]3CCC[C@@H](C2)C3O)cs1. The van der Waals surface area contributed by atoms with Crippen LogP contribution in [0, 0.1) is 11.8 Å². The summed E-state index contributed by atoms with van der Waals surface area (Å²) < 4.78 is 5.55. The summed E-state index contributed by atoms with van der Waals surface area (Å²) in [7, 11) is 0. The molecule has 6 heteroatoms. The predicted molar refractivity (Wildman–Crippen MR) is 89.3 cm³/mol. The molecule has 0 aromatic carbocycles. The molecule has 3 rings (SSSR count). The molecule has 1 aliphatic heterocycles. The molecule has 1 saturated carbocycles. The zero-order valence-corrected chi connectivity index (χ0v) is 14.7. The number of hydrogen-bond acceptors (Lipinski definition) is 5. The van der Waals surface area contributed by atoms with Gasteiger partial charge < -0.3 is 14.7 Å². The van der Waals surface area contributed by atoms with Gasteiger partial charge in [0.25, 0.3) is 0 Å². The highest BCUT2D eigenvalue weighted by atomic mass is 32.1. The average molecular weight is 338 g/mol. The Balaban J connectivity index is 1.59. The van der Waals surface area contributed by atoms with Gasteiger partial charge in [0.2, 0.25) is 5.91 Å². The van der Waals surface area contributed by atoms with Gasteiger partial charge in [-0.2, -0.15) is 0 Å². The molecule has 1 amide bonds. The number of thiazole rings is 1. The number of carbonyl (C=O) groups excluding carboxylic acids is 1. The highest BCUT2D eigenvalue weighted by Gasteiger charge is 2.39. The van der Waals surface area contributed by atoms with E-state index in [1.165, 1.54) is 6.42 Å². The summed E-state index contributed by atoms with van der Waals surface area (Å²) in [5.41, 5.74) is 0.831. The van der Waals surface area contributed by atoms with Crippen LogP contribution in [-0.4, -0.2) is 46.7 Å². The summed E-state index contributed by atoms with van der Waals surface area (Å²) in [5, 5.41) is 13.1. The third kappa shape index (κ3) is 3.75. The van der Waals surface area contributed by atoms with Gasteiger partial charge in [0.1, 0.15) is 11.1 Å². The minimum absolute atomic E-state index is 0.0154. The number of rotatable bonds is 5. The van der Waals surface area contributed by atoms with Crippen LogP contribution in [0.2, 0.25) is 0 Å². The third-order valence-electron chi connectivity index (χ3n) is 5.04. The first-order chi connectivity index (χ1) is 11.1. The van der Waals surface area contributed by atoms with Crippen LogP contribution >= 0.6 is 11.3 Å². The number of aliphatic hydroxyl groups is 1. The van der Waals surface area contributed by atoms with E-state index < -0.39 is 0 Å². The second-order valence-electron chi connectivity index (χ2n) is 6.69. The lowest BCUT2D eigenvalue weighted by atomic mass is 9.75. The van der Waals surface area contributed by atoms with E-state index in [2.05, 4.69) is 4.98 Å². The van der Waals surface area contributed by atoms with Gasteiger partial charge in [-0.1, -0.05) is 6.42 Å². The van der Waals surface area contributed by atoms with Crippen LogP contribution in [0.5, 0.6) is 0 Å². The standard InChI is InChI=1S/C17H26N2O3S/c1-3-22-11(2)17-18-14(10-23-17)7-15(20)19-8-12-5-4-6-13(9-19)16(12)21/h10-13,16,21H,3-9H2,1-2H3/t11-,12-,13+,16?/m0/s1. The smallest absolute Gasteiger partial charge is 0.228 e. The number of nitrogens with zero attached hydrogens (tertiary/aromatic N) is 2. The third-order valence-corrected chi connectivity index (χ3v) is 6.10. The first-order valence-corrected chi connectivity index (χ1v) is 9.48. The van der Waals surface area contributed by atoms with Gasteiger partial charge in [0.05, 0.1) is 18.2 Å². The minimum Gasteiger partial charge on any atom is -0.392 e. The second-order valence-corrected chi connectivity index (χ2v) is 7.58. The van der Waals surface area contributed by atoms with Crippen molar-refractivity contribution in [1.82, 2.24) is 9.88 Å². The first-order valence-electron chi connectivity index (χ1n) is 8.60. The van der Waals surface area contributed by atoms with E-state index in [-0.39, 0.29) is 30.0 Å². The molecule has 4 atom stereocenters. The highest BCUT2D eigenvalue weighted by molar-refractivity contribution is 7.09. The van der Waals surface area contributed by atoms with Crippen molar-refractivity contribution in [2.75, 3.05) is 19.7 Å². The molecule has 1 saturated heterocycles. The van der Waals surface area contributed by atoms with E-state index in [1.54, 1.807) is 11.3 Å². The zero-order valence-electron chi connectivity index (χ0n) is 13.9. The van der Waals surface area contributed by atoms with Crippen molar-refractivity contribution in [3.05, 3.63) is 16.1 Å². The molecular weight excluding hydrogens is 312 g/mol. The molecule has 2 heterocycles. The molecular formula is C17H26N2O3S. The Morgan fingerprint density at radius 3 is 2.83 bits per heavy atom. The summed E-state index contributed by atoms with van der Waals surface area (Å²) >= 11 is 1.56. The molecule has 2 bridgehead atoms. The van der Waals surface area contributed by atoms with Crippen molar-refractivity contribution in [3.8, 4) is 0 Å². The van der Waals surface area contributed by atoms with Gasteiger partial charge in [0.15, 0.2) is 0 Å². The monoisotopic (exact) mass is 338 g/mol. The number of amides is 1. The van der Waals surface area contributed by atoms with Crippen LogP contribution < -0.4 is 0 Å². The normalized spacial score (nSPS) is 28.7. The van der Waals surface area contributed by atoms with Gasteiger partial charge in [-0.15, -0.1) is 11.3 Å². The number of fused-ring (bicyclic) bond motifs is 2. The summed E-state index contributed by atoms with van der Waals surface area (Å²) in [6, 6.07) is 0. The van der Waals surface area contributed by atoms with E-state index in [4.69, 9.17) is 4.74 Å². The van der Waals surface area contributed by atoms with Gasteiger partial charge in [-0.05, 0) is 26.7 Å². The molecule has 2 fully saturated rings. The summed E-state index contributed by atoms with van der Waals surface area (Å²) in [6.45, 7) is 6.01. The van der Waals surface area contributed by atoms with E-state index in [0.717, 1.165) is 23.5 Å². The molecule has 0 spiro atoms. The maximum absolute atomic E-state index is 12.6. The van der Waals surface area contributed by atoms with Gasteiger partial charge >= 0.3 is 0 Å². The van der Waals surface area contributed by atoms with Crippen molar-refractivity contribution in [2.24, 2.45) is 11.8 Å². The Labute approximate surface area is 141 Å². The Morgan fingerprint density at radius 1 is 1.48 bits per heavy atom. The molecule has 1 N–H and O–H groups in total. The fourth-order valence-corrected chi connectivity index (χ4v) is 4.61. The Bertz CT molecular complexity index is 534. The van der Waals surface area contributed by atoms with Crippen molar-refractivity contribution in [2.45, 2.75) is 51.7 Å². The fourth-order valence-electron chi connectivity index (χ4n) is 3.79. The van der Waals surface area contributed by atoms with E-state index >= 15 is 0 Å². The number of aromatic nitrogens is 1. The number of aliphatic hydroxyl groups excluding tert-OH is 1. The summed E-state index contributed by atoms with van der Waals surface area (Å²) in [4.78, 5) is 19.1. The van der Waals surface area contributed by atoms with Crippen LogP contribution in [0.3, 0.4) is 0 Å². The molecule has 128 valence electrons. The van der Waals surface area contributed by atoms with Crippen LogP contribution in [0.4, 0.5) is 0 Å². The van der Waals surface area contributed by atoms with Gasteiger partial charge in [-0.25, -0.2) is 4.98 Å². The second kappa shape index (κ2) is 7.28. The first kappa shape index (κ1) is 16.9. The molecule has 23 heavy (non-hydrogen) atoms. The van der Waals surface area contributed by atoms with E-state index in [0.29, 0.717) is 26.1 Å². The minimum atomic E-state index is -0.217. The molecule has 1 aromatic rings. The molecule has 5 nitrogen and oxygen atoms in total.